The molecular weight excluding hydrogens is 336 g/mol. The third-order valence-electron chi connectivity index (χ3n) is 2.91. The molecule has 0 aliphatic heterocycles. The molecule has 0 fully saturated rings. The third kappa shape index (κ3) is 5.29. The van der Waals surface area contributed by atoms with Crippen LogP contribution in [0.25, 0.3) is 0 Å². The van der Waals surface area contributed by atoms with Crippen LogP contribution in [0.15, 0.2) is 59.6 Å². The zero-order chi connectivity index (χ0) is 17.8. The lowest BCUT2D eigenvalue weighted by atomic mass is 10.1. The fraction of sp³-hybridized carbons (Fsp3) is 0.188. The van der Waals surface area contributed by atoms with Crippen LogP contribution < -0.4 is 0 Å². The molecular formula is C16H11F6NO. The largest absolute Gasteiger partial charge is 0.506 e. The lowest BCUT2D eigenvalue weighted by Gasteiger charge is -2.12. The van der Waals surface area contributed by atoms with Gasteiger partial charge in [-0.05, 0) is 29.8 Å². The summed E-state index contributed by atoms with van der Waals surface area (Å²) in [6, 6.07) is 11.4. The number of benzene rings is 2. The normalized spacial score (nSPS) is 13.0. The number of hydrogen-bond acceptors (Lipinski definition) is 2. The zero-order valence-electron chi connectivity index (χ0n) is 12.0. The van der Waals surface area contributed by atoms with Gasteiger partial charge in [0.05, 0.1) is 5.56 Å². The van der Waals surface area contributed by atoms with E-state index >= 15 is 0 Å². The highest BCUT2D eigenvalue weighted by molar-refractivity contribution is 5.94. The highest BCUT2D eigenvalue weighted by Gasteiger charge is 2.30. The Bertz CT molecular complexity index is 689. The molecule has 0 aliphatic carbocycles. The summed E-state index contributed by atoms with van der Waals surface area (Å²) in [5, 5.41) is 0. The number of rotatable bonds is 3. The van der Waals surface area contributed by atoms with Gasteiger partial charge >= 0.3 is 12.5 Å². The quantitative estimate of drug-likeness (QED) is 0.324. The molecule has 0 bridgehead atoms. The molecule has 2 aromatic rings. The first-order chi connectivity index (χ1) is 11.1. The molecule has 0 saturated heterocycles. The predicted octanol–water partition coefficient (Wildman–Crippen LogP) is 5.19. The van der Waals surface area contributed by atoms with E-state index in [1.807, 2.05) is 0 Å². The van der Waals surface area contributed by atoms with Crippen LogP contribution in [0.2, 0.25) is 0 Å². The van der Waals surface area contributed by atoms with E-state index in [0.29, 0.717) is 0 Å². The SMILES string of the molecule is FC(F)(F)/N=C(/OCc1ccc(C(F)(F)F)cc1)c1ccccc1. The molecule has 0 N–H and O–H groups in total. The molecule has 128 valence electrons. The second-order valence-corrected chi connectivity index (χ2v) is 4.73. The van der Waals surface area contributed by atoms with Crippen molar-refractivity contribution in [3.8, 4) is 0 Å². The summed E-state index contributed by atoms with van der Waals surface area (Å²) in [4.78, 5) is 2.57. The molecule has 2 nitrogen and oxygen atoms in total. The van der Waals surface area contributed by atoms with E-state index < -0.39 is 23.9 Å². The average molecular weight is 347 g/mol. The van der Waals surface area contributed by atoms with Crippen molar-refractivity contribution in [3.63, 3.8) is 0 Å². The number of halogens is 6. The minimum Gasteiger partial charge on any atom is -0.472 e. The van der Waals surface area contributed by atoms with E-state index in [2.05, 4.69) is 4.99 Å². The molecule has 8 heteroatoms. The fourth-order valence-electron chi connectivity index (χ4n) is 1.82. The summed E-state index contributed by atoms with van der Waals surface area (Å²) in [7, 11) is 0. The molecule has 0 unspecified atom stereocenters. The monoisotopic (exact) mass is 347 g/mol. The number of ether oxygens (including phenoxy) is 1. The van der Waals surface area contributed by atoms with Crippen molar-refractivity contribution >= 4 is 5.90 Å². The smallest absolute Gasteiger partial charge is 0.472 e. The van der Waals surface area contributed by atoms with E-state index in [9.17, 15) is 26.3 Å². The molecule has 24 heavy (non-hydrogen) atoms. The Morgan fingerprint density at radius 3 is 1.92 bits per heavy atom. The molecule has 0 amide bonds. The number of alkyl halides is 6. The van der Waals surface area contributed by atoms with E-state index in [0.717, 1.165) is 24.3 Å². The molecule has 2 rings (SSSR count). The van der Waals surface area contributed by atoms with Crippen molar-refractivity contribution in [1.82, 2.24) is 0 Å². The van der Waals surface area contributed by atoms with E-state index in [-0.39, 0.29) is 17.7 Å². The van der Waals surface area contributed by atoms with Crippen LogP contribution in [0.3, 0.4) is 0 Å². The van der Waals surface area contributed by atoms with Crippen molar-refractivity contribution in [3.05, 3.63) is 71.3 Å². The van der Waals surface area contributed by atoms with Gasteiger partial charge in [0.25, 0.3) is 0 Å². The Balaban J connectivity index is 2.15. The molecule has 0 heterocycles. The van der Waals surface area contributed by atoms with Gasteiger partial charge in [-0.1, -0.05) is 30.3 Å². The zero-order valence-corrected chi connectivity index (χ0v) is 12.0. The van der Waals surface area contributed by atoms with Crippen LogP contribution in [0.5, 0.6) is 0 Å². The molecule has 0 spiro atoms. The van der Waals surface area contributed by atoms with Crippen molar-refractivity contribution in [2.24, 2.45) is 4.99 Å². The van der Waals surface area contributed by atoms with Gasteiger partial charge < -0.3 is 4.74 Å². The first-order valence-corrected chi connectivity index (χ1v) is 6.66. The van der Waals surface area contributed by atoms with Gasteiger partial charge in [0.1, 0.15) is 6.61 Å². The van der Waals surface area contributed by atoms with Gasteiger partial charge in [-0.15, -0.1) is 18.2 Å². The van der Waals surface area contributed by atoms with Gasteiger partial charge in [-0.3, -0.25) is 0 Å². The van der Waals surface area contributed by atoms with Gasteiger partial charge in [0, 0.05) is 5.56 Å². The number of hydrogen-bond donors (Lipinski definition) is 0. The third-order valence-corrected chi connectivity index (χ3v) is 2.91. The van der Waals surface area contributed by atoms with Crippen molar-refractivity contribution in [1.29, 1.82) is 0 Å². The maximum Gasteiger partial charge on any atom is 0.506 e. The highest BCUT2D eigenvalue weighted by Crippen LogP contribution is 2.29. The summed E-state index contributed by atoms with van der Waals surface area (Å²) in [6.07, 6.45) is -9.31. The Morgan fingerprint density at radius 2 is 1.42 bits per heavy atom. The molecule has 0 radical (unpaired) electrons. The van der Waals surface area contributed by atoms with Crippen LogP contribution in [-0.2, 0) is 17.5 Å². The minimum absolute atomic E-state index is 0.113. The maximum atomic E-state index is 12.5. The second-order valence-electron chi connectivity index (χ2n) is 4.73. The molecule has 0 saturated carbocycles. The number of nitrogens with zero attached hydrogens (tertiary/aromatic N) is 1. The van der Waals surface area contributed by atoms with E-state index in [1.54, 1.807) is 6.07 Å². The van der Waals surface area contributed by atoms with Crippen LogP contribution in [0, 0.1) is 0 Å². The number of aliphatic imine (C=N–C) groups is 1. The average Bonchev–Trinajstić information content (AvgIpc) is 2.51. The van der Waals surface area contributed by atoms with Crippen LogP contribution >= 0.6 is 0 Å². The summed E-state index contributed by atoms with van der Waals surface area (Å²) in [5.74, 6) is -0.650. The molecule has 0 aliphatic rings. The van der Waals surface area contributed by atoms with Gasteiger partial charge in [0.2, 0.25) is 5.90 Å². The standard InChI is InChI=1S/C16H11F6NO/c17-15(18,19)13-8-6-11(7-9-13)10-24-14(23-16(20,21)22)12-4-2-1-3-5-12/h1-9H,10H2/b23-14+. The van der Waals surface area contributed by atoms with Gasteiger partial charge in [0.15, 0.2) is 0 Å². The van der Waals surface area contributed by atoms with Gasteiger partial charge in [-0.25, -0.2) is 0 Å². The van der Waals surface area contributed by atoms with E-state index in [1.165, 1.54) is 24.3 Å². The predicted molar refractivity (Wildman–Crippen MR) is 75.3 cm³/mol. The van der Waals surface area contributed by atoms with Crippen LogP contribution in [-0.4, -0.2) is 12.2 Å². The Kier molecular flexibility index (Phi) is 5.16. The van der Waals surface area contributed by atoms with E-state index in [4.69, 9.17) is 4.74 Å². The lowest BCUT2D eigenvalue weighted by Crippen LogP contribution is -2.14. The summed E-state index contributed by atoms with van der Waals surface area (Å²) in [5.41, 5.74) is -0.450. The fourth-order valence-corrected chi connectivity index (χ4v) is 1.82. The summed E-state index contributed by atoms with van der Waals surface area (Å²) in [6.45, 7) is -0.345. The summed E-state index contributed by atoms with van der Waals surface area (Å²) >= 11 is 0. The summed E-state index contributed by atoms with van der Waals surface area (Å²) < 4.78 is 80.0. The first-order valence-electron chi connectivity index (χ1n) is 6.66. The Labute approximate surface area is 133 Å². The highest BCUT2D eigenvalue weighted by atomic mass is 19.4. The second kappa shape index (κ2) is 6.94. The molecule has 0 atom stereocenters. The maximum absolute atomic E-state index is 12.5. The Morgan fingerprint density at radius 1 is 0.833 bits per heavy atom. The van der Waals surface area contributed by atoms with Gasteiger partial charge in [-0.2, -0.15) is 13.2 Å². The topological polar surface area (TPSA) is 21.6 Å². The lowest BCUT2D eigenvalue weighted by molar-refractivity contribution is -0.137. The van der Waals surface area contributed by atoms with Crippen molar-refractivity contribution in [2.45, 2.75) is 19.1 Å². The van der Waals surface area contributed by atoms with Crippen molar-refractivity contribution in [2.75, 3.05) is 0 Å². The first kappa shape index (κ1) is 17.8. The van der Waals surface area contributed by atoms with Crippen molar-refractivity contribution < 1.29 is 31.1 Å². The minimum atomic E-state index is -4.83. The Hall–Kier alpha value is -2.51. The molecule has 2 aromatic carbocycles. The molecule has 0 aromatic heterocycles. The van der Waals surface area contributed by atoms with Crippen LogP contribution in [0.4, 0.5) is 26.3 Å². The van der Waals surface area contributed by atoms with Crippen LogP contribution in [0.1, 0.15) is 16.7 Å².